The fraction of sp³-hybridized carbons (Fsp3) is 0.143. The molecule has 2 aromatic rings. The lowest BCUT2D eigenvalue weighted by Crippen LogP contribution is -2.00. The van der Waals surface area contributed by atoms with Gasteiger partial charge in [0, 0.05) is 9.50 Å². The molecule has 2 aromatic carbocycles. The maximum Gasteiger partial charge on any atom is 0.133 e. The van der Waals surface area contributed by atoms with E-state index >= 15 is 0 Å². The van der Waals surface area contributed by atoms with E-state index in [2.05, 4.69) is 31.9 Å². The van der Waals surface area contributed by atoms with Crippen LogP contribution in [0.25, 0.3) is 0 Å². The molecule has 0 saturated carbocycles. The third-order valence-electron chi connectivity index (χ3n) is 2.69. The molecule has 0 aliphatic rings. The summed E-state index contributed by atoms with van der Waals surface area (Å²) < 4.78 is 6.80. The van der Waals surface area contributed by atoms with Crippen molar-refractivity contribution in [3.63, 3.8) is 0 Å². The standard InChI is InChI=1S/C14H11Br2ClO2/c1-19-13-3-2-8(6-12(13)16)14(18)9-4-10(15)7-11(17)5-9/h2-7,14,18H,1H3. The minimum Gasteiger partial charge on any atom is -0.496 e. The van der Waals surface area contributed by atoms with Crippen molar-refractivity contribution in [2.45, 2.75) is 6.10 Å². The summed E-state index contributed by atoms with van der Waals surface area (Å²) in [5.74, 6) is 0.725. The van der Waals surface area contributed by atoms with Gasteiger partial charge < -0.3 is 9.84 Å². The third kappa shape index (κ3) is 3.51. The van der Waals surface area contributed by atoms with Crippen LogP contribution in [-0.2, 0) is 0 Å². The Kier molecular flexibility index (Phi) is 4.90. The summed E-state index contributed by atoms with van der Waals surface area (Å²) in [6.07, 6.45) is -0.739. The molecule has 1 unspecified atom stereocenters. The van der Waals surface area contributed by atoms with Gasteiger partial charge in [0.1, 0.15) is 11.9 Å². The number of halogens is 3. The van der Waals surface area contributed by atoms with Crippen LogP contribution in [0.3, 0.4) is 0 Å². The molecule has 0 bridgehead atoms. The fourth-order valence-corrected chi connectivity index (χ4v) is 3.22. The van der Waals surface area contributed by atoms with Crippen molar-refractivity contribution >= 4 is 43.5 Å². The van der Waals surface area contributed by atoms with Crippen LogP contribution < -0.4 is 4.74 Å². The zero-order valence-corrected chi connectivity index (χ0v) is 14.0. The highest BCUT2D eigenvalue weighted by atomic mass is 79.9. The van der Waals surface area contributed by atoms with Crippen LogP contribution in [0.1, 0.15) is 17.2 Å². The van der Waals surface area contributed by atoms with E-state index in [-0.39, 0.29) is 0 Å². The second-order valence-electron chi connectivity index (χ2n) is 4.00. The number of benzene rings is 2. The number of hydrogen-bond acceptors (Lipinski definition) is 2. The summed E-state index contributed by atoms with van der Waals surface area (Å²) in [5.41, 5.74) is 1.50. The second-order valence-corrected chi connectivity index (χ2v) is 6.21. The van der Waals surface area contributed by atoms with E-state index in [1.165, 1.54) is 0 Å². The van der Waals surface area contributed by atoms with Crippen LogP contribution in [0.4, 0.5) is 0 Å². The third-order valence-corrected chi connectivity index (χ3v) is 3.99. The summed E-state index contributed by atoms with van der Waals surface area (Å²) in [6.45, 7) is 0. The molecular formula is C14H11Br2ClO2. The van der Waals surface area contributed by atoms with Crippen LogP contribution in [0.2, 0.25) is 5.02 Å². The van der Waals surface area contributed by atoms with E-state index in [1.54, 1.807) is 19.2 Å². The molecule has 0 aromatic heterocycles. The quantitative estimate of drug-likeness (QED) is 0.781. The van der Waals surface area contributed by atoms with Crippen molar-refractivity contribution in [3.05, 3.63) is 61.5 Å². The van der Waals surface area contributed by atoms with Gasteiger partial charge in [-0.1, -0.05) is 33.6 Å². The smallest absolute Gasteiger partial charge is 0.133 e. The molecule has 0 radical (unpaired) electrons. The average molecular weight is 407 g/mol. The lowest BCUT2D eigenvalue weighted by Gasteiger charge is -2.14. The SMILES string of the molecule is COc1ccc(C(O)c2cc(Cl)cc(Br)c2)cc1Br. The number of hydrogen-bond donors (Lipinski definition) is 1. The highest BCUT2D eigenvalue weighted by Crippen LogP contribution is 2.32. The Hall–Kier alpha value is -0.550. The molecule has 1 atom stereocenters. The predicted molar refractivity (Wildman–Crippen MR) is 83.9 cm³/mol. The Balaban J connectivity index is 2.38. The largest absolute Gasteiger partial charge is 0.496 e. The van der Waals surface area contributed by atoms with Crippen LogP contribution in [0.5, 0.6) is 5.75 Å². The minimum atomic E-state index is -0.739. The zero-order chi connectivity index (χ0) is 14.0. The van der Waals surface area contributed by atoms with Crippen LogP contribution in [-0.4, -0.2) is 12.2 Å². The van der Waals surface area contributed by atoms with Crippen LogP contribution in [0.15, 0.2) is 45.3 Å². The van der Waals surface area contributed by atoms with Crippen LogP contribution >= 0.6 is 43.5 Å². The summed E-state index contributed by atoms with van der Waals surface area (Å²) in [5, 5.41) is 11.0. The van der Waals surface area contributed by atoms with Gasteiger partial charge >= 0.3 is 0 Å². The molecule has 0 heterocycles. The second kappa shape index (κ2) is 6.27. The Labute approximate surface area is 133 Å². The molecule has 0 fully saturated rings. The molecule has 2 nitrogen and oxygen atoms in total. The minimum absolute atomic E-state index is 0.580. The monoisotopic (exact) mass is 404 g/mol. The van der Waals surface area contributed by atoms with Gasteiger partial charge in [0.25, 0.3) is 0 Å². The number of methoxy groups -OCH3 is 1. The number of ether oxygens (including phenoxy) is 1. The molecular weight excluding hydrogens is 395 g/mol. The van der Waals surface area contributed by atoms with Crippen LogP contribution in [0, 0.1) is 0 Å². The molecule has 1 N–H and O–H groups in total. The first kappa shape index (κ1) is 14.9. The van der Waals surface area contributed by atoms with Crippen molar-refractivity contribution in [1.82, 2.24) is 0 Å². The average Bonchev–Trinajstić information content (AvgIpc) is 2.36. The number of aliphatic hydroxyl groups is 1. The number of rotatable bonds is 3. The molecule has 0 spiro atoms. The van der Waals surface area contributed by atoms with Gasteiger partial charge in [-0.25, -0.2) is 0 Å². The van der Waals surface area contributed by atoms with Gasteiger partial charge in [0.05, 0.1) is 11.6 Å². The summed E-state index contributed by atoms with van der Waals surface area (Å²) in [6, 6.07) is 10.8. The van der Waals surface area contributed by atoms with E-state index in [0.717, 1.165) is 25.8 Å². The predicted octanol–water partition coefficient (Wildman–Crippen LogP) is 4.96. The van der Waals surface area contributed by atoms with Gasteiger partial charge in [-0.05, 0) is 57.4 Å². The normalized spacial score (nSPS) is 12.3. The number of aliphatic hydroxyl groups excluding tert-OH is 1. The van der Waals surface area contributed by atoms with E-state index in [4.69, 9.17) is 16.3 Å². The summed E-state index contributed by atoms with van der Waals surface area (Å²) in [7, 11) is 1.60. The van der Waals surface area contributed by atoms with Crippen molar-refractivity contribution in [1.29, 1.82) is 0 Å². The summed E-state index contributed by atoms with van der Waals surface area (Å²) >= 11 is 12.8. The van der Waals surface area contributed by atoms with Crippen molar-refractivity contribution < 1.29 is 9.84 Å². The Morgan fingerprint density at radius 3 is 2.42 bits per heavy atom. The maximum absolute atomic E-state index is 10.4. The topological polar surface area (TPSA) is 29.5 Å². The van der Waals surface area contributed by atoms with Gasteiger partial charge in [-0.15, -0.1) is 0 Å². The molecule has 0 aliphatic heterocycles. The molecule has 0 saturated heterocycles. The highest BCUT2D eigenvalue weighted by Gasteiger charge is 2.13. The van der Waals surface area contributed by atoms with E-state index in [0.29, 0.717) is 5.02 Å². The van der Waals surface area contributed by atoms with Crippen molar-refractivity contribution in [3.8, 4) is 5.75 Å². The molecule has 0 aliphatic carbocycles. The Morgan fingerprint density at radius 2 is 1.84 bits per heavy atom. The zero-order valence-electron chi connectivity index (χ0n) is 10.0. The first-order chi connectivity index (χ1) is 9.01. The molecule has 2 rings (SSSR count). The van der Waals surface area contributed by atoms with E-state index < -0.39 is 6.10 Å². The molecule has 100 valence electrons. The molecule has 0 amide bonds. The maximum atomic E-state index is 10.4. The van der Waals surface area contributed by atoms with Gasteiger partial charge in [-0.2, -0.15) is 0 Å². The van der Waals surface area contributed by atoms with Crippen molar-refractivity contribution in [2.24, 2.45) is 0 Å². The van der Waals surface area contributed by atoms with E-state index in [9.17, 15) is 5.11 Å². The van der Waals surface area contributed by atoms with Gasteiger partial charge in [-0.3, -0.25) is 0 Å². The summed E-state index contributed by atoms with van der Waals surface area (Å²) in [4.78, 5) is 0. The van der Waals surface area contributed by atoms with Gasteiger partial charge in [0.2, 0.25) is 0 Å². The Bertz CT molecular complexity index is 582. The Morgan fingerprint density at radius 1 is 1.11 bits per heavy atom. The molecule has 19 heavy (non-hydrogen) atoms. The lowest BCUT2D eigenvalue weighted by molar-refractivity contribution is 0.220. The fourth-order valence-electron chi connectivity index (χ4n) is 1.78. The first-order valence-electron chi connectivity index (χ1n) is 5.48. The molecule has 5 heteroatoms. The first-order valence-corrected chi connectivity index (χ1v) is 7.45. The van der Waals surface area contributed by atoms with E-state index in [1.807, 2.05) is 24.3 Å². The van der Waals surface area contributed by atoms with Gasteiger partial charge in [0.15, 0.2) is 0 Å². The lowest BCUT2D eigenvalue weighted by atomic mass is 10.0. The highest BCUT2D eigenvalue weighted by molar-refractivity contribution is 9.10. The van der Waals surface area contributed by atoms with Crippen molar-refractivity contribution in [2.75, 3.05) is 7.11 Å².